The van der Waals surface area contributed by atoms with E-state index in [1.54, 1.807) is 6.20 Å². The van der Waals surface area contributed by atoms with Gasteiger partial charge in [-0.1, -0.05) is 23.7 Å². The standard InChI is InChI=1S/C23H19ClN2O/c24-20-8-10-21(11-9-20)27-22-7-1-4-17(15-22)14-18-5-3-13-26-23(18)19-6-2-12-25-16-19/h1-2,4,6-12,14-16H,3,5,13H2/b18-14-. The van der Waals surface area contributed by atoms with Crippen molar-refractivity contribution >= 4 is 23.4 Å². The molecular formula is C23H19ClN2O. The average molecular weight is 375 g/mol. The number of nitrogens with zero attached hydrogens (tertiary/aromatic N) is 2. The van der Waals surface area contributed by atoms with E-state index in [9.17, 15) is 0 Å². The first-order valence-corrected chi connectivity index (χ1v) is 9.35. The van der Waals surface area contributed by atoms with Gasteiger partial charge in [-0.3, -0.25) is 9.98 Å². The minimum atomic E-state index is 0.695. The highest BCUT2D eigenvalue weighted by Gasteiger charge is 2.14. The van der Waals surface area contributed by atoms with E-state index in [0.29, 0.717) is 5.02 Å². The van der Waals surface area contributed by atoms with Crippen molar-refractivity contribution in [2.45, 2.75) is 12.8 Å². The summed E-state index contributed by atoms with van der Waals surface area (Å²) in [5.74, 6) is 1.56. The molecule has 4 heteroatoms. The molecular weight excluding hydrogens is 356 g/mol. The van der Waals surface area contributed by atoms with E-state index >= 15 is 0 Å². The van der Waals surface area contributed by atoms with Gasteiger partial charge in [0.1, 0.15) is 11.5 Å². The number of halogens is 1. The Balaban J connectivity index is 1.60. The minimum absolute atomic E-state index is 0.695. The number of allylic oxidation sites excluding steroid dienone is 1. The molecule has 0 fully saturated rings. The summed E-state index contributed by atoms with van der Waals surface area (Å²) in [6, 6.07) is 19.4. The van der Waals surface area contributed by atoms with Crippen LogP contribution in [0.3, 0.4) is 0 Å². The van der Waals surface area contributed by atoms with Crippen molar-refractivity contribution in [1.29, 1.82) is 0 Å². The van der Waals surface area contributed by atoms with Crippen LogP contribution >= 0.6 is 11.6 Å². The molecule has 0 radical (unpaired) electrons. The third-order valence-corrected chi connectivity index (χ3v) is 4.61. The first-order chi connectivity index (χ1) is 13.3. The quantitative estimate of drug-likeness (QED) is 0.545. The maximum Gasteiger partial charge on any atom is 0.128 e. The third kappa shape index (κ3) is 4.44. The van der Waals surface area contributed by atoms with Crippen LogP contribution in [0.15, 0.2) is 83.6 Å². The molecule has 1 aromatic heterocycles. The van der Waals surface area contributed by atoms with Crippen LogP contribution in [-0.2, 0) is 0 Å². The number of benzene rings is 2. The Kier molecular flexibility index (Phi) is 5.31. The molecule has 1 aliphatic rings. The number of hydrogen-bond acceptors (Lipinski definition) is 3. The van der Waals surface area contributed by atoms with Gasteiger partial charge in [0.15, 0.2) is 0 Å². The zero-order valence-corrected chi connectivity index (χ0v) is 15.6. The van der Waals surface area contributed by atoms with Gasteiger partial charge >= 0.3 is 0 Å². The normalized spacial score (nSPS) is 15.4. The Hall–Kier alpha value is -2.91. The summed E-state index contributed by atoms with van der Waals surface area (Å²) in [7, 11) is 0. The molecule has 2 aromatic carbocycles. The van der Waals surface area contributed by atoms with E-state index in [-0.39, 0.29) is 0 Å². The fourth-order valence-electron chi connectivity index (χ4n) is 3.11. The lowest BCUT2D eigenvalue weighted by Crippen LogP contribution is -2.11. The first-order valence-electron chi connectivity index (χ1n) is 8.97. The average Bonchev–Trinajstić information content (AvgIpc) is 2.71. The molecule has 0 atom stereocenters. The van der Waals surface area contributed by atoms with Crippen LogP contribution in [0, 0.1) is 0 Å². The first kappa shape index (κ1) is 17.5. The van der Waals surface area contributed by atoms with Gasteiger partial charge in [-0.25, -0.2) is 0 Å². The fraction of sp³-hybridized carbons (Fsp3) is 0.130. The van der Waals surface area contributed by atoms with Gasteiger partial charge in [0.25, 0.3) is 0 Å². The Bertz CT molecular complexity index is 979. The summed E-state index contributed by atoms with van der Waals surface area (Å²) in [5.41, 5.74) is 4.43. The van der Waals surface area contributed by atoms with Crippen molar-refractivity contribution in [3.8, 4) is 11.5 Å². The number of hydrogen-bond donors (Lipinski definition) is 0. The van der Waals surface area contributed by atoms with Crippen molar-refractivity contribution in [3.63, 3.8) is 0 Å². The van der Waals surface area contributed by atoms with E-state index < -0.39 is 0 Å². The van der Waals surface area contributed by atoms with Gasteiger partial charge in [0, 0.05) is 29.5 Å². The molecule has 0 bridgehead atoms. The van der Waals surface area contributed by atoms with Crippen molar-refractivity contribution in [2.75, 3.05) is 6.54 Å². The lowest BCUT2D eigenvalue weighted by Gasteiger charge is -2.16. The fourth-order valence-corrected chi connectivity index (χ4v) is 3.23. The van der Waals surface area contributed by atoms with Gasteiger partial charge in [0.2, 0.25) is 0 Å². The summed E-state index contributed by atoms with van der Waals surface area (Å²) in [6.07, 6.45) is 7.93. The van der Waals surface area contributed by atoms with E-state index in [4.69, 9.17) is 21.3 Å². The minimum Gasteiger partial charge on any atom is -0.457 e. The lowest BCUT2D eigenvalue weighted by atomic mass is 9.95. The Morgan fingerprint density at radius 1 is 0.963 bits per heavy atom. The number of pyridine rings is 1. The molecule has 27 heavy (non-hydrogen) atoms. The molecule has 4 rings (SSSR count). The topological polar surface area (TPSA) is 34.5 Å². The molecule has 0 saturated carbocycles. The summed E-state index contributed by atoms with van der Waals surface area (Å²) in [5, 5.41) is 0.695. The smallest absolute Gasteiger partial charge is 0.128 e. The van der Waals surface area contributed by atoms with Crippen LogP contribution in [-0.4, -0.2) is 17.2 Å². The van der Waals surface area contributed by atoms with Crippen LogP contribution in [0.2, 0.25) is 5.02 Å². The molecule has 0 saturated heterocycles. The van der Waals surface area contributed by atoms with Crippen LogP contribution < -0.4 is 4.74 Å². The highest BCUT2D eigenvalue weighted by molar-refractivity contribution is 6.30. The van der Waals surface area contributed by atoms with Gasteiger partial charge in [-0.05, 0) is 78.6 Å². The van der Waals surface area contributed by atoms with Gasteiger partial charge < -0.3 is 4.74 Å². The van der Waals surface area contributed by atoms with Crippen LogP contribution in [0.5, 0.6) is 11.5 Å². The van der Waals surface area contributed by atoms with Crippen LogP contribution in [0.4, 0.5) is 0 Å². The Morgan fingerprint density at radius 2 is 1.85 bits per heavy atom. The predicted octanol–water partition coefficient (Wildman–Crippen LogP) is 6.19. The number of aromatic nitrogens is 1. The summed E-state index contributed by atoms with van der Waals surface area (Å²) in [4.78, 5) is 8.97. The molecule has 0 N–H and O–H groups in total. The van der Waals surface area contributed by atoms with Gasteiger partial charge in [-0.2, -0.15) is 0 Å². The maximum absolute atomic E-state index is 5.95. The largest absolute Gasteiger partial charge is 0.457 e. The molecule has 3 aromatic rings. The summed E-state index contributed by atoms with van der Waals surface area (Å²) in [6.45, 7) is 0.862. The van der Waals surface area contributed by atoms with Crippen molar-refractivity contribution in [3.05, 3.63) is 94.8 Å². The second-order valence-electron chi connectivity index (χ2n) is 6.37. The van der Waals surface area contributed by atoms with E-state index in [0.717, 1.165) is 47.7 Å². The summed E-state index contributed by atoms with van der Waals surface area (Å²) >= 11 is 5.93. The zero-order chi connectivity index (χ0) is 18.5. The molecule has 0 amide bonds. The van der Waals surface area contributed by atoms with Crippen molar-refractivity contribution in [1.82, 2.24) is 4.98 Å². The third-order valence-electron chi connectivity index (χ3n) is 4.36. The Labute approximate surface area is 164 Å². The van der Waals surface area contributed by atoms with Crippen LogP contribution in [0.1, 0.15) is 24.0 Å². The van der Waals surface area contributed by atoms with Gasteiger partial charge in [-0.15, -0.1) is 0 Å². The SMILES string of the molecule is Clc1ccc(Oc2cccc(/C=C3/CCCN=C3c3cccnc3)c2)cc1. The molecule has 134 valence electrons. The van der Waals surface area contributed by atoms with Crippen LogP contribution in [0.25, 0.3) is 6.08 Å². The van der Waals surface area contributed by atoms with E-state index in [1.807, 2.05) is 54.7 Å². The molecule has 0 unspecified atom stereocenters. The molecule has 0 aliphatic carbocycles. The van der Waals surface area contributed by atoms with Crippen molar-refractivity contribution in [2.24, 2.45) is 4.99 Å². The second-order valence-corrected chi connectivity index (χ2v) is 6.81. The summed E-state index contributed by atoms with van der Waals surface area (Å²) < 4.78 is 5.95. The highest BCUT2D eigenvalue weighted by atomic mass is 35.5. The Morgan fingerprint density at radius 3 is 2.67 bits per heavy atom. The van der Waals surface area contributed by atoms with Crippen molar-refractivity contribution < 1.29 is 4.74 Å². The maximum atomic E-state index is 5.95. The number of ether oxygens (including phenoxy) is 1. The molecule has 0 spiro atoms. The zero-order valence-electron chi connectivity index (χ0n) is 14.8. The van der Waals surface area contributed by atoms with Gasteiger partial charge in [0.05, 0.1) is 5.71 Å². The number of rotatable bonds is 4. The predicted molar refractivity (Wildman–Crippen MR) is 111 cm³/mol. The number of aliphatic imine (C=N–C) groups is 1. The molecule has 3 nitrogen and oxygen atoms in total. The second kappa shape index (κ2) is 8.19. The monoisotopic (exact) mass is 374 g/mol. The highest BCUT2D eigenvalue weighted by Crippen LogP contribution is 2.26. The molecule has 2 heterocycles. The van der Waals surface area contributed by atoms with E-state index in [1.165, 1.54) is 5.57 Å². The van der Waals surface area contributed by atoms with E-state index in [2.05, 4.69) is 23.2 Å². The lowest BCUT2D eigenvalue weighted by molar-refractivity contribution is 0.482. The molecule has 1 aliphatic heterocycles.